The van der Waals surface area contributed by atoms with E-state index in [1.807, 2.05) is 0 Å². The summed E-state index contributed by atoms with van der Waals surface area (Å²) in [5.41, 5.74) is 0.704. The number of hydrogen-bond acceptors (Lipinski definition) is 6. The lowest BCUT2D eigenvalue weighted by Crippen LogP contribution is -2.29. The van der Waals surface area contributed by atoms with Gasteiger partial charge in [-0.15, -0.1) is 0 Å². The summed E-state index contributed by atoms with van der Waals surface area (Å²) in [6.45, 7) is 0.386. The third kappa shape index (κ3) is 5.94. The molecule has 0 atom stereocenters. The molecule has 0 fully saturated rings. The van der Waals surface area contributed by atoms with Crippen molar-refractivity contribution < 1.29 is 26.4 Å². The second kappa shape index (κ2) is 9.45. The Kier molecular flexibility index (Phi) is 7.45. The fourth-order valence-electron chi connectivity index (χ4n) is 2.39. The number of nitrogens with one attached hydrogen (secondary N) is 1. The SMILES string of the molecule is CN(c1cccc(C(=O)NCCOc2ccc(S(=O)(=O)N(C)C)cc2)c1)S(C)(=O)=O. The minimum Gasteiger partial charge on any atom is -0.492 e. The first-order valence-electron chi connectivity index (χ1n) is 8.90. The van der Waals surface area contributed by atoms with Gasteiger partial charge in [0.1, 0.15) is 12.4 Å². The summed E-state index contributed by atoms with van der Waals surface area (Å²) in [4.78, 5) is 12.5. The molecule has 0 heterocycles. The Balaban J connectivity index is 1.90. The van der Waals surface area contributed by atoms with E-state index in [1.54, 1.807) is 30.3 Å². The molecule has 0 saturated carbocycles. The number of ether oxygens (including phenoxy) is 1. The third-order valence-corrected chi connectivity index (χ3v) is 7.26. The number of sulfonamides is 2. The summed E-state index contributed by atoms with van der Waals surface area (Å²) < 4.78 is 55.1. The zero-order chi connectivity index (χ0) is 22.5. The van der Waals surface area contributed by atoms with E-state index in [-0.39, 0.29) is 24.0 Å². The van der Waals surface area contributed by atoms with Gasteiger partial charge in [0.25, 0.3) is 5.91 Å². The summed E-state index contributed by atoms with van der Waals surface area (Å²) in [7, 11) is -2.60. The maximum atomic E-state index is 12.3. The minimum atomic E-state index is -3.50. The molecular weight excluding hydrogens is 430 g/mol. The monoisotopic (exact) mass is 455 g/mol. The maximum Gasteiger partial charge on any atom is 0.251 e. The van der Waals surface area contributed by atoms with Gasteiger partial charge in [-0.3, -0.25) is 9.10 Å². The Morgan fingerprint density at radius 1 is 1.00 bits per heavy atom. The number of carbonyl (C=O) groups excluding carboxylic acids is 1. The van der Waals surface area contributed by atoms with Crippen LogP contribution in [0.5, 0.6) is 5.75 Å². The molecule has 2 rings (SSSR count). The highest BCUT2D eigenvalue weighted by Gasteiger charge is 2.17. The molecule has 30 heavy (non-hydrogen) atoms. The van der Waals surface area contributed by atoms with Crippen molar-refractivity contribution >= 4 is 31.6 Å². The van der Waals surface area contributed by atoms with Crippen LogP contribution in [0.1, 0.15) is 10.4 Å². The average Bonchev–Trinajstić information content (AvgIpc) is 2.70. The van der Waals surface area contributed by atoms with Gasteiger partial charge in [-0.1, -0.05) is 6.07 Å². The van der Waals surface area contributed by atoms with Crippen LogP contribution >= 0.6 is 0 Å². The lowest BCUT2D eigenvalue weighted by atomic mass is 10.2. The van der Waals surface area contributed by atoms with Crippen LogP contribution in [0.2, 0.25) is 0 Å². The van der Waals surface area contributed by atoms with E-state index in [2.05, 4.69) is 5.32 Å². The standard InChI is InChI=1S/C19H25N3O6S2/c1-21(2)30(26,27)18-10-8-17(9-11-18)28-13-12-20-19(23)15-6-5-7-16(14-15)22(3)29(4,24)25/h5-11,14H,12-13H2,1-4H3,(H,20,23). The van der Waals surface area contributed by atoms with Crippen LogP contribution in [0.25, 0.3) is 0 Å². The van der Waals surface area contributed by atoms with Gasteiger partial charge in [0.05, 0.1) is 23.4 Å². The van der Waals surface area contributed by atoms with Crippen molar-refractivity contribution in [3.05, 3.63) is 54.1 Å². The number of hydrogen-bond donors (Lipinski definition) is 1. The third-order valence-electron chi connectivity index (χ3n) is 4.23. The van der Waals surface area contributed by atoms with Crippen LogP contribution in [0.4, 0.5) is 5.69 Å². The van der Waals surface area contributed by atoms with E-state index in [9.17, 15) is 21.6 Å². The van der Waals surface area contributed by atoms with Gasteiger partial charge in [0.2, 0.25) is 20.0 Å². The molecule has 0 aliphatic carbocycles. The Morgan fingerprint density at radius 3 is 2.20 bits per heavy atom. The van der Waals surface area contributed by atoms with Crippen molar-refractivity contribution in [3.8, 4) is 5.75 Å². The first kappa shape index (κ1) is 23.6. The summed E-state index contributed by atoms with van der Waals surface area (Å²) >= 11 is 0. The zero-order valence-electron chi connectivity index (χ0n) is 17.2. The van der Waals surface area contributed by atoms with Crippen LogP contribution in [0, 0.1) is 0 Å². The molecule has 164 valence electrons. The summed E-state index contributed by atoms with van der Waals surface area (Å²) in [5.74, 6) is 0.105. The van der Waals surface area contributed by atoms with Gasteiger partial charge < -0.3 is 10.1 Å². The Labute approximate surface area is 177 Å². The smallest absolute Gasteiger partial charge is 0.251 e. The van der Waals surface area contributed by atoms with Crippen molar-refractivity contribution in [2.24, 2.45) is 0 Å². The van der Waals surface area contributed by atoms with Gasteiger partial charge in [0.15, 0.2) is 0 Å². The van der Waals surface area contributed by atoms with E-state index in [0.29, 0.717) is 17.0 Å². The molecule has 0 unspecified atom stereocenters. The first-order chi connectivity index (χ1) is 13.9. The molecule has 0 saturated heterocycles. The first-order valence-corrected chi connectivity index (χ1v) is 12.2. The van der Waals surface area contributed by atoms with E-state index >= 15 is 0 Å². The van der Waals surface area contributed by atoms with Gasteiger partial charge in [0, 0.05) is 26.7 Å². The lowest BCUT2D eigenvalue weighted by Gasteiger charge is -2.17. The van der Waals surface area contributed by atoms with Gasteiger partial charge >= 0.3 is 0 Å². The molecule has 1 amide bonds. The van der Waals surface area contributed by atoms with Crippen molar-refractivity contribution in [3.63, 3.8) is 0 Å². The highest BCUT2D eigenvalue weighted by atomic mass is 32.2. The van der Waals surface area contributed by atoms with Crippen LogP contribution in [0.3, 0.4) is 0 Å². The summed E-state index contributed by atoms with van der Waals surface area (Å²) in [6, 6.07) is 12.3. The second-order valence-corrected chi connectivity index (χ2v) is 10.8. The topological polar surface area (TPSA) is 113 Å². The van der Waals surface area contributed by atoms with Crippen LogP contribution in [0.15, 0.2) is 53.4 Å². The Hall–Kier alpha value is -2.63. The number of anilines is 1. The molecule has 0 aromatic heterocycles. The fourth-order valence-corrected chi connectivity index (χ4v) is 3.79. The van der Waals surface area contributed by atoms with E-state index < -0.39 is 20.0 Å². The predicted octanol–water partition coefficient (Wildman–Crippen LogP) is 1.14. The number of rotatable bonds is 9. The van der Waals surface area contributed by atoms with Gasteiger partial charge in [-0.2, -0.15) is 0 Å². The molecule has 0 aliphatic heterocycles. The fraction of sp³-hybridized carbons (Fsp3) is 0.316. The van der Waals surface area contributed by atoms with Crippen molar-refractivity contribution in [1.29, 1.82) is 0 Å². The van der Waals surface area contributed by atoms with Gasteiger partial charge in [-0.25, -0.2) is 21.1 Å². The Bertz CT molecular complexity index is 1100. The van der Waals surface area contributed by atoms with Crippen LogP contribution in [-0.2, 0) is 20.0 Å². The molecule has 0 bridgehead atoms. The molecule has 0 radical (unpaired) electrons. The van der Waals surface area contributed by atoms with Crippen molar-refractivity contribution in [1.82, 2.24) is 9.62 Å². The maximum absolute atomic E-state index is 12.3. The molecule has 1 N–H and O–H groups in total. The molecular formula is C19H25N3O6S2. The Morgan fingerprint density at radius 2 is 1.63 bits per heavy atom. The normalized spacial score (nSPS) is 11.9. The van der Waals surface area contributed by atoms with Crippen molar-refractivity contribution in [2.45, 2.75) is 4.90 Å². The zero-order valence-corrected chi connectivity index (χ0v) is 18.8. The molecule has 9 nitrogen and oxygen atoms in total. The minimum absolute atomic E-state index is 0.159. The van der Waals surface area contributed by atoms with Crippen LogP contribution in [-0.4, -0.2) is 67.6 Å². The van der Waals surface area contributed by atoms with E-state index in [4.69, 9.17) is 4.74 Å². The van der Waals surface area contributed by atoms with Gasteiger partial charge in [-0.05, 0) is 42.5 Å². The van der Waals surface area contributed by atoms with Crippen molar-refractivity contribution in [2.75, 3.05) is 44.9 Å². The highest BCUT2D eigenvalue weighted by Crippen LogP contribution is 2.18. The summed E-state index contributed by atoms with van der Waals surface area (Å²) in [6.07, 6.45) is 1.08. The van der Waals surface area contributed by atoms with E-state index in [1.165, 1.54) is 39.3 Å². The van der Waals surface area contributed by atoms with E-state index in [0.717, 1.165) is 14.9 Å². The van der Waals surface area contributed by atoms with Crippen LogP contribution < -0.4 is 14.4 Å². The quantitative estimate of drug-likeness (QED) is 0.568. The molecule has 2 aromatic rings. The second-order valence-electron chi connectivity index (χ2n) is 6.64. The largest absolute Gasteiger partial charge is 0.492 e. The number of nitrogens with zero attached hydrogens (tertiary/aromatic N) is 2. The molecule has 0 aliphatic rings. The highest BCUT2D eigenvalue weighted by molar-refractivity contribution is 7.92. The average molecular weight is 456 g/mol. The number of amides is 1. The molecule has 0 spiro atoms. The summed E-state index contributed by atoms with van der Waals surface area (Å²) in [5, 5.41) is 2.69. The number of carbonyl (C=O) groups is 1. The molecule has 11 heteroatoms. The predicted molar refractivity (Wildman–Crippen MR) is 115 cm³/mol. The molecule has 2 aromatic carbocycles. The number of benzene rings is 2. The lowest BCUT2D eigenvalue weighted by molar-refractivity contribution is 0.0947.